The average Bonchev–Trinajstić information content (AvgIpc) is 2.37. The highest BCUT2D eigenvalue weighted by Gasteiger charge is 2.12. The van der Waals surface area contributed by atoms with E-state index < -0.39 is 0 Å². The minimum Gasteiger partial charge on any atom is -0.355 e. The van der Waals surface area contributed by atoms with Crippen molar-refractivity contribution in [3.05, 3.63) is 33.9 Å². The standard InChI is InChI=1S/C16H24N2O2/c1-10-8-11(2)13(4)15(12(10)3)9-16(20)18-7-6-17-14(5)19/h8H,6-7,9H2,1-5H3,(H,17,19)(H,18,20). The van der Waals surface area contributed by atoms with Gasteiger partial charge in [0, 0.05) is 20.0 Å². The molecule has 0 aliphatic heterocycles. The summed E-state index contributed by atoms with van der Waals surface area (Å²) in [5, 5.41) is 5.48. The summed E-state index contributed by atoms with van der Waals surface area (Å²) in [5.41, 5.74) is 5.91. The molecule has 1 aromatic carbocycles. The highest BCUT2D eigenvalue weighted by molar-refractivity contribution is 5.79. The molecule has 0 spiro atoms. The van der Waals surface area contributed by atoms with Crippen LogP contribution in [0, 0.1) is 27.7 Å². The lowest BCUT2D eigenvalue weighted by molar-refractivity contribution is -0.121. The summed E-state index contributed by atoms with van der Waals surface area (Å²) < 4.78 is 0. The minimum absolute atomic E-state index is 0.00782. The van der Waals surface area contributed by atoms with E-state index >= 15 is 0 Å². The third-order valence-corrected chi connectivity index (χ3v) is 3.68. The monoisotopic (exact) mass is 276 g/mol. The first kappa shape index (κ1) is 16.2. The van der Waals surface area contributed by atoms with Crippen LogP contribution < -0.4 is 10.6 Å². The van der Waals surface area contributed by atoms with Crippen molar-refractivity contribution in [1.29, 1.82) is 0 Å². The lowest BCUT2D eigenvalue weighted by Crippen LogP contribution is -2.34. The maximum absolute atomic E-state index is 12.0. The summed E-state index contributed by atoms with van der Waals surface area (Å²) in [5.74, 6) is -0.0909. The van der Waals surface area contributed by atoms with Crippen LogP contribution in [0.25, 0.3) is 0 Å². The summed E-state index contributed by atoms with van der Waals surface area (Å²) in [4.78, 5) is 22.7. The quantitative estimate of drug-likeness (QED) is 0.804. The Labute approximate surface area is 121 Å². The Balaban J connectivity index is 2.65. The van der Waals surface area contributed by atoms with Crippen LogP contribution in [0.15, 0.2) is 6.07 Å². The number of amides is 2. The number of carbonyl (C=O) groups excluding carboxylic acids is 2. The number of rotatable bonds is 5. The van der Waals surface area contributed by atoms with Crippen LogP contribution in [-0.4, -0.2) is 24.9 Å². The predicted octanol–water partition coefficient (Wildman–Crippen LogP) is 1.72. The summed E-state index contributed by atoms with van der Waals surface area (Å²) in [6, 6.07) is 2.16. The van der Waals surface area contributed by atoms with Crippen molar-refractivity contribution < 1.29 is 9.59 Å². The van der Waals surface area contributed by atoms with Crippen molar-refractivity contribution in [2.75, 3.05) is 13.1 Å². The maximum atomic E-state index is 12.0. The van der Waals surface area contributed by atoms with E-state index in [9.17, 15) is 9.59 Å². The van der Waals surface area contributed by atoms with Crippen molar-refractivity contribution in [3.8, 4) is 0 Å². The van der Waals surface area contributed by atoms with Gasteiger partial charge >= 0.3 is 0 Å². The second kappa shape index (κ2) is 7.08. The zero-order chi connectivity index (χ0) is 15.3. The molecule has 0 aromatic heterocycles. The van der Waals surface area contributed by atoms with Gasteiger partial charge in [0.05, 0.1) is 6.42 Å². The second-order valence-electron chi connectivity index (χ2n) is 5.25. The zero-order valence-corrected chi connectivity index (χ0v) is 13.0. The van der Waals surface area contributed by atoms with Crippen LogP contribution in [0.3, 0.4) is 0 Å². The lowest BCUT2D eigenvalue weighted by atomic mass is 9.92. The van der Waals surface area contributed by atoms with Gasteiger partial charge in [-0.3, -0.25) is 9.59 Å². The first-order chi connectivity index (χ1) is 9.32. The number of nitrogens with one attached hydrogen (secondary N) is 2. The number of carbonyl (C=O) groups is 2. The van der Waals surface area contributed by atoms with Crippen LogP contribution in [0.1, 0.15) is 34.7 Å². The highest BCUT2D eigenvalue weighted by atomic mass is 16.2. The molecule has 0 bridgehead atoms. The van der Waals surface area contributed by atoms with Crippen LogP contribution >= 0.6 is 0 Å². The van der Waals surface area contributed by atoms with E-state index in [4.69, 9.17) is 0 Å². The van der Waals surface area contributed by atoms with Crippen LogP contribution in [0.5, 0.6) is 0 Å². The molecule has 0 saturated carbocycles. The SMILES string of the molecule is CC(=O)NCCNC(=O)Cc1c(C)c(C)cc(C)c1C. The molecular formula is C16H24N2O2. The number of hydrogen-bond donors (Lipinski definition) is 2. The fourth-order valence-electron chi connectivity index (χ4n) is 2.23. The average molecular weight is 276 g/mol. The molecule has 0 aliphatic carbocycles. The van der Waals surface area contributed by atoms with E-state index in [1.807, 2.05) is 0 Å². The smallest absolute Gasteiger partial charge is 0.224 e. The third-order valence-electron chi connectivity index (χ3n) is 3.68. The molecule has 0 unspecified atom stereocenters. The molecule has 4 nitrogen and oxygen atoms in total. The number of hydrogen-bond acceptors (Lipinski definition) is 2. The molecule has 0 atom stereocenters. The predicted molar refractivity (Wildman–Crippen MR) is 80.8 cm³/mol. The second-order valence-corrected chi connectivity index (χ2v) is 5.25. The Hall–Kier alpha value is -1.84. The molecule has 2 amide bonds. The fourth-order valence-corrected chi connectivity index (χ4v) is 2.23. The molecule has 1 aromatic rings. The Morgan fingerprint density at radius 1 is 0.950 bits per heavy atom. The molecule has 0 radical (unpaired) electrons. The maximum Gasteiger partial charge on any atom is 0.224 e. The summed E-state index contributed by atoms with van der Waals surface area (Å²) in [7, 11) is 0. The molecule has 2 N–H and O–H groups in total. The third kappa shape index (κ3) is 4.37. The van der Waals surface area contributed by atoms with E-state index in [1.165, 1.54) is 29.2 Å². The molecule has 0 fully saturated rings. The highest BCUT2D eigenvalue weighted by Crippen LogP contribution is 2.21. The van der Waals surface area contributed by atoms with Crippen molar-refractivity contribution in [3.63, 3.8) is 0 Å². The minimum atomic E-state index is -0.0831. The van der Waals surface area contributed by atoms with Gasteiger partial charge < -0.3 is 10.6 Å². The van der Waals surface area contributed by atoms with Gasteiger partial charge in [-0.25, -0.2) is 0 Å². The largest absolute Gasteiger partial charge is 0.355 e. The van der Waals surface area contributed by atoms with Gasteiger partial charge in [-0.2, -0.15) is 0 Å². The van der Waals surface area contributed by atoms with E-state index in [2.05, 4.69) is 44.4 Å². The number of benzene rings is 1. The van der Waals surface area contributed by atoms with E-state index in [0.717, 1.165) is 5.56 Å². The van der Waals surface area contributed by atoms with Crippen molar-refractivity contribution in [1.82, 2.24) is 10.6 Å². The van der Waals surface area contributed by atoms with Gasteiger partial charge in [0.15, 0.2) is 0 Å². The Bertz CT molecular complexity index is 495. The summed E-state index contributed by atoms with van der Waals surface area (Å²) in [6.45, 7) is 10.6. The first-order valence-electron chi connectivity index (χ1n) is 6.90. The lowest BCUT2D eigenvalue weighted by Gasteiger charge is -2.15. The topological polar surface area (TPSA) is 58.2 Å². The molecule has 0 heterocycles. The van der Waals surface area contributed by atoms with Gasteiger partial charge in [0.2, 0.25) is 11.8 Å². The van der Waals surface area contributed by atoms with Gasteiger partial charge in [-0.15, -0.1) is 0 Å². The molecule has 0 saturated heterocycles. The molecule has 4 heteroatoms. The Morgan fingerprint density at radius 2 is 1.45 bits per heavy atom. The summed E-state index contributed by atoms with van der Waals surface area (Å²) >= 11 is 0. The fraction of sp³-hybridized carbons (Fsp3) is 0.500. The molecule has 20 heavy (non-hydrogen) atoms. The number of aryl methyl sites for hydroxylation is 2. The normalized spacial score (nSPS) is 10.2. The van der Waals surface area contributed by atoms with Crippen molar-refractivity contribution in [2.24, 2.45) is 0 Å². The summed E-state index contributed by atoms with van der Waals surface area (Å²) in [6.07, 6.45) is 0.389. The van der Waals surface area contributed by atoms with E-state index in [1.54, 1.807) is 0 Å². The van der Waals surface area contributed by atoms with Crippen LogP contribution in [0.4, 0.5) is 0 Å². The van der Waals surface area contributed by atoms with E-state index in [-0.39, 0.29) is 11.8 Å². The van der Waals surface area contributed by atoms with Gasteiger partial charge in [0.25, 0.3) is 0 Å². The molecular weight excluding hydrogens is 252 g/mol. The van der Waals surface area contributed by atoms with Crippen LogP contribution in [-0.2, 0) is 16.0 Å². The first-order valence-corrected chi connectivity index (χ1v) is 6.90. The molecule has 0 aliphatic rings. The van der Waals surface area contributed by atoms with Gasteiger partial charge in [-0.05, 0) is 55.5 Å². The van der Waals surface area contributed by atoms with Gasteiger partial charge in [0.1, 0.15) is 0 Å². The van der Waals surface area contributed by atoms with Gasteiger partial charge in [-0.1, -0.05) is 6.07 Å². The zero-order valence-electron chi connectivity index (χ0n) is 13.0. The molecule has 1 rings (SSSR count). The Kier molecular flexibility index (Phi) is 5.74. The van der Waals surface area contributed by atoms with Crippen LogP contribution in [0.2, 0.25) is 0 Å². The van der Waals surface area contributed by atoms with Crippen molar-refractivity contribution in [2.45, 2.75) is 41.0 Å². The molecule has 110 valence electrons. The Morgan fingerprint density at radius 3 is 1.95 bits per heavy atom. The van der Waals surface area contributed by atoms with Crippen molar-refractivity contribution >= 4 is 11.8 Å². The van der Waals surface area contributed by atoms with E-state index in [0.29, 0.717) is 19.5 Å².